The van der Waals surface area contributed by atoms with Gasteiger partial charge in [0.25, 0.3) is 0 Å². The normalized spacial score (nSPS) is 24.9. The Morgan fingerprint density at radius 3 is 2.53 bits per heavy atom. The number of carbonyl (C=O) groups is 2. The van der Waals surface area contributed by atoms with E-state index in [0.29, 0.717) is 26.1 Å². The molecule has 1 heterocycles. The van der Waals surface area contributed by atoms with Crippen LogP contribution in [0.1, 0.15) is 26.2 Å². The maximum absolute atomic E-state index is 12.5. The van der Waals surface area contributed by atoms with Crippen LogP contribution < -0.4 is 5.32 Å². The molecule has 0 aromatic heterocycles. The van der Waals surface area contributed by atoms with Gasteiger partial charge in [0.2, 0.25) is 11.8 Å². The average Bonchev–Trinajstić information content (AvgIpc) is 2.77. The smallest absolute Gasteiger partial charge is 0.238 e. The summed E-state index contributed by atoms with van der Waals surface area (Å²) >= 11 is 0. The molecule has 0 aliphatic carbocycles. The molecular weight excluding hydrogens is 414 g/mol. The molecule has 0 radical (unpaired) electrons. The first-order valence-corrected chi connectivity index (χ1v) is 11.2. The second-order valence-electron chi connectivity index (χ2n) is 8.12. The number of hydrogen-bond donors (Lipinski definition) is 3. The van der Waals surface area contributed by atoms with Gasteiger partial charge in [0.05, 0.1) is 13.2 Å². The van der Waals surface area contributed by atoms with Crippen LogP contribution in [0.4, 0.5) is 5.69 Å². The largest absolute Gasteiger partial charge is 0.388 e. The van der Waals surface area contributed by atoms with Crippen molar-refractivity contribution in [2.24, 2.45) is 0 Å². The zero-order valence-electron chi connectivity index (χ0n) is 19.1. The van der Waals surface area contributed by atoms with Gasteiger partial charge in [-0.25, -0.2) is 0 Å². The van der Waals surface area contributed by atoms with Crippen LogP contribution in [0.3, 0.4) is 0 Å². The highest BCUT2D eigenvalue weighted by Gasteiger charge is 2.29. The van der Waals surface area contributed by atoms with Gasteiger partial charge >= 0.3 is 0 Å². The van der Waals surface area contributed by atoms with Crippen LogP contribution in [-0.4, -0.2) is 103 Å². The first-order valence-electron chi connectivity index (χ1n) is 11.2. The summed E-state index contributed by atoms with van der Waals surface area (Å²) in [5.74, 6) is -0.220. The molecule has 3 N–H and O–H groups in total. The van der Waals surface area contributed by atoms with E-state index in [9.17, 15) is 19.8 Å². The SMILES string of the molecule is CO[C@H]1CN(C(C)=O)CCCN(CC(=O)Nc2ccccc2)CCCCOC[C@H](O)[C@@H]1O. The van der Waals surface area contributed by atoms with E-state index in [-0.39, 0.29) is 31.5 Å². The molecule has 1 fully saturated rings. The third-order valence-electron chi connectivity index (χ3n) is 5.55. The van der Waals surface area contributed by atoms with Crippen molar-refractivity contribution in [3.05, 3.63) is 30.3 Å². The third-order valence-corrected chi connectivity index (χ3v) is 5.55. The molecule has 9 heteroatoms. The van der Waals surface area contributed by atoms with Gasteiger partial charge in [0, 0.05) is 46.0 Å². The van der Waals surface area contributed by atoms with Crippen LogP contribution in [0.5, 0.6) is 0 Å². The van der Waals surface area contributed by atoms with E-state index in [4.69, 9.17) is 9.47 Å². The summed E-state index contributed by atoms with van der Waals surface area (Å²) in [6.45, 7) is 4.16. The monoisotopic (exact) mass is 451 g/mol. The van der Waals surface area contributed by atoms with Crippen LogP contribution in [0.15, 0.2) is 30.3 Å². The number of hydrogen-bond acceptors (Lipinski definition) is 7. The van der Waals surface area contributed by atoms with E-state index in [1.165, 1.54) is 14.0 Å². The molecule has 3 atom stereocenters. The summed E-state index contributed by atoms with van der Waals surface area (Å²) in [6, 6.07) is 9.34. The Hall–Kier alpha value is -2.04. The van der Waals surface area contributed by atoms with Crippen molar-refractivity contribution in [1.82, 2.24) is 9.80 Å². The molecule has 0 saturated carbocycles. The van der Waals surface area contributed by atoms with Gasteiger partial charge in [0.15, 0.2) is 0 Å². The van der Waals surface area contributed by atoms with Gasteiger partial charge in [-0.05, 0) is 37.9 Å². The Kier molecular flexibility index (Phi) is 11.6. The van der Waals surface area contributed by atoms with Crippen molar-refractivity contribution >= 4 is 17.5 Å². The molecule has 0 spiro atoms. The Bertz CT molecular complexity index is 690. The number of ether oxygens (including phenoxy) is 2. The van der Waals surface area contributed by atoms with E-state index in [1.807, 2.05) is 30.3 Å². The summed E-state index contributed by atoms with van der Waals surface area (Å²) in [7, 11) is 1.45. The van der Waals surface area contributed by atoms with Crippen molar-refractivity contribution in [2.75, 3.05) is 58.4 Å². The maximum atomic E-state index is 12.5. The van der Waals surface area contributed by atoms with E-state index in [1.54, 1.807) is 4.90 Å². The maximum Gasteiger partial charge on any atom is 0.238 e. The summed E-state index contributed by atoms with van der Waals surface area (Å²) in [4.78, 5) is 28.3. The van der Waals surface area contributed by atoms with E-state index < -0.39 is 18.3 Å². The summed E-state index contributed by atoms with van der Waals surface area (Å²) in [6.07, 6.45) is -0.719. The van der Waals surface area contributed by atoms with Gasteiger partial charge < -0.3 is 29.9 Å². The number of methoxy groups -OCH3 is 1. The van der Waals surface area contributed by atoms with Crippen LogP contribution in [0.25, 0.3) is 0 Å². The average molecular weight is 452 g/mol. The van der Waals surface area contributed by atoms with Gasteiger partial charge in [-0.1, -0.05) is 18.2 Å². The number of carbonyl (C=O) groups excluding carboxylic acids is 2. The molecule has 1 aliphatic heterocycles. The molecule has 2 rings (SSSR count). The summed E-state index contributed by atoms with van der Waals surface area (Å²) < 4.78 is 10.9. The highest BCUT2D eigenvalue weighted by atomic mass is 16.5. The van der Waals surface area contributed by atoms with Crippen LogP contribution in [-0.2, 0) is 19.1 Å². The minimum absolute atomic E-state index is 0.00963. The number of benzene rings is 1. The molecule has 180 valence electrons. The Labute approximate surface area is 190 Å². The number of para-hydroxylation sites is 1. The lowest BCUT2D eigenvalue weighted by molar-refractivity contribution is -0.136. The Balaban J connectivity index is 2.00. The third kappa shape index (κ3) is 9.22. The number of amides is 2. The molecule has 1 aliphatic rings. The lowest BCUT2D eigenvalue weighted by Crippen LogP contribution is -2.48. The number of nitrogens with zero attached hydrogens (tertiary/aromatic N) is 2. The molecule has 1 saturated heterocycles. The van der Waals surface area contributed by atoms with Crippen LogP contribution in [0, 0.1) is 0 Å². The topological polar surface area (TPSA) is 112 Å². The fraction of sp³-hybridized carbons (Fsp3) is 0.652. The van der Waals surface area contributed by atoms with Crippen LogP contribution in [0.2, 0.25) is 0 Å². The second-order valence-corrected chi connectivity index (χ2v) is 8.12. The number of rotatable bonds is 4. The predicted octanol–water partition coefficient (Wildman–Crippen LogP) is 0.713. The standard InChI is InChI=1S/C23H37N3O6/c1-18(27)26-13-8-12-25(16-22(29)24-19-9-4-3-5-10-19)11-6-7-14-32-17-20(28)23(30)21(15-26)31-2/h3-5,9-10,20-21,23,28,30H,6-8,11-17H2,1-2H3,(H,24,29)/t20-,21-,23-/m0/s1. The van der Waals surface area contributed by atoms with E-state index >= 15 is 0 Å². The second kappa shape index (κ2) is 14.2. The zero-order chi connectivity index (χ0) is 23.3. The fourth-order valence-electron chi connectivity index (χ4n) is 3.69. The predicted molar refractivity (Wildman–Crippen MR) is 121 cm³/mol. The summed E-state index contributed by atoms with van der Waals surface area (Å²) in [5.41, 5.74) is 0.759. The van der Waals surface area contributed by atoms with Crippen molar-refractivity contribution < 1.29 is 29.3 Å². The highest BCUT2D eigenvalue weighted by Crippen LogP contribution is 2.11. The van der Waals surface area contributed by atoms with Crippen molar-refractivity contribution in [1.29, 1.82) is 0 Å². The molecular formula is C23H37N3O6. The van der Waals surface area contributed by atoms with E-state index in [2.05, 4.69) is 10.2 Å². The lowest BCUT2D eigenvalue weighted by atomic mass is 10.1. The molecule has 1 aromatic rings. The van der Waals surface area contributed by atoms with Gasteiger partial charge in [-0.2, -0.15) is 0 Å². The summed E-state index contributed by atoms with van der Waals surface area (Å²) in [5, 5.41) is 23.6. The zero-order valence-corrected chi connectivity index (χ0v) is 19.1. The van der Waals surface area contributed by atoms with Crippen molar-refractivity contribution in [3.8, 4) is 0 Å². The molecule has 9 nitrogen and oxygen atoms in total. The number of anilines is 1. The van der Waals surface area contributed by atoms with E-state index in [0.717, 1.165) is 25.1 Å². The van der Waals surface area contributed by atoms with Gasteiger partial charge in [-0.3, -0.25) is 14.5 Å². The molecule has 0 bridgehead atoms. The number of aliphatic hydroxyl groups excluding tert-OH is 2. The minimum Gasteiger partial charge on any atom is -0.388 e. The van der Waals surface area contributed by atoms with Crippen molar-refractivity contribution in [2.45, 2.75) is 44.5 Å². The quantitative estimate of drug-likeness (QED) is 0.618. The lowest BCUT2D eigenvalue weighted by Gasteiger charge is -2.31. The fourth-order valence-corrected chi connectivity index (χ4v) is 3.69. The minimum atomic E-state index is -1.16. The molecule has 2 amide bonds. The number of nitrogens with one attached hydrogen (secondary N) is 1. The van der Waals surface area contributed by atoms with Gasteiger partial charge in [-0.15, -0.1) is 0 Å². The Morgan fingerprint density at radius 2 is 1.84 bits per heavy atom. The molecule has 1 aromatic carbocycles. The van der Waals surface area contributed by atoms with Crippen LogP contribution >= 0.6 is 0 Å². The highest BCUT2D eigenvalue weighted by molar-refractivity contribution is 5.92. The number of aliphatic hydroxyl groups is 2. The Morgan fingerprint density at radius 1 is 1.12 bits per heavy atom. The molecule has 0 unspecified atom stereocenters. The molecule has 32 heavy (non-hydrogen) atoms. The first kappa shape index (κ1) is 26.2. The van der Waals surface area contributed by atoms with Crippen molar-refractivity contribution in [3.63, 3.8) is 0 Å². The van der Waals surface area contributed by atoms with Gasteiger partial charge in [0.1, 0.15) is 18.3 Å². The first-order chi connectivity index (χ1) is 15.4.